The third-order valence-corrected chi connectivity index (χ3v) is 5.48. The Hall–Kier alpha value is -2.41. The third-order valence-electron chi connectivity index (χ3n) is 5.17. The molecule has 0 aliphatic carbocycles. The predicted octanol–water partition coefficient (Wildman–Crippen LogP) is 2.61. The van der Waals surface area contributed by atoms with E-state index in [2.05, 4.69) is 5.10 Å². The molecule has 3 heterocycles. The molecule has 1 saturated heterocycles. The number of carbonyl (C=O) groups is 2. The van der Waals surface area contributed by atoms with Crippen molar-refractivity contribution in [3.05, 3.63) is 52.1 Å². The summed E-state index contributed by atoms with van der Waals surface area (Å²) in [5.74, 6) is -1.19. The van der Waals surface area contributed by atoms with Crippen LogP contribution in [-0.2, 0) is 13.0 Å². The van der Waals surface area contributed by atoms with E-state index < -0.39 is 11.7 Å². The zero-order chi connectivity index (χ0) is 19.0. The van der Waals surface area contributed by atoms with Crippen molar-refractivity contribution >= 4 is 23.4 Å². The van der Waals surface area contributed by atoms with E-state index in [0.717, 1.165) is 31.5 Å². The molecule has 4 rings (SSSR count). The number of hydrogen-bond donors (Lipinski definition) is 0. The summed E-state index contributed by atoms with van der Waals surface area (Å²) in [4.78, 5) is 28.6. The van der Waals surface area contributed by atoms with Gasteiger partial charge in [-0.15, -0.1) is 0 Å². The summed E-state index contributed by atoms with van der Waals surface area (Å²) in [7, 11) is 0. The Morgan fingerprint density at radius 2 is 1.70 bits per heavy atom. The Morgan fingerprint density at radius 3 is 2.37 bits per heavy atom. The van der Waals surface area contributed by atoms with Crippen molar-refractivity contribution in [2.45, 2.75) is 25.8 Å². The minimum absolute atomic E-state index is 0.0992. The summed E-state index contributed by atoms with van der Waals surface area (Å²) < 4.78 is 15.9. The molecule has 0 spiro atoms. The molecular weight excluding hydrogens is 371 g/mol. The SMILES string of the molecule is O=C(c1cc2n(n1)CCCC2)N1CCN(C(=O)c2c(F)cccc2Cl)CC1. The number of rotatable bonds is 2. The van der Waals surface area contributed by atoms with Gasteiger partial charge in [0.15, 0.2) is 5.69 Å². The van der Waals surface area contributed by atoms with Gasteiger partial charge in [-0.3, -0.25) is 14.3 Å². The van der Waals surface area contributed by atoms with Crippen LogP contribution in [0.5, 0.6) is 0 Å². The summed E-state index contributed by atoms with van der Waals surface area (Å²) >= 11 is 5.99. The van der Waals surface area contributed by atoms with Crippen molar-refractivity contribution in [2.24, 2.45) is 0 Å². The Balaban J connectivity index is 1.42. The minimum atomic E-state index is -0.630. The smallest absolute Gasteiger partial charge is 0.274 e. The highest BCUT2D eigenvalue weighted by molar-refractivity contribution is 6.33. The zero-order valence-electron chi connectivity index (χ0n) is 14.8. The maximum atomic E-state index is 14.0. The Bertz CT molecular complexity index is 846. The number of amides is 2. The molecule has 2 aliphatic rings. The van der Waals surface area contributed by atoms with Gasteiger partial charge >= 0.3 is 0 Å². The summed E-state index contributed by atoms with van der Waals surface area (Å²) in [6.07, 6.45) is 3.16. The number of aryl methyl sites for hydroxylation is 2. The fraction of sp³-hybridized carbons (Fsp3) is 0.421. The Kier molecular flexibility index (Phi) is 4.86. The van der Waals surface area contributed by atoms with Gasteiger partial charge in [0, 0.05) is 38.4 Å². The van der Waals surface area contributed by atoms with E-state index in [-0.39, 0.29) is 16.5 Å². The molecule has 0 bridgehead atoms. The topological polar surface area (TPSA) is 58.4 Å². The lowest BCUT2D eigenvalue weighted by molar-refractivity contribution is 0.0529. The average Bonchev–Trinajstić information content (AvgIpc) is 3.11. The average molecular weight is 391 g/mol. The molecule has 2 aliphatic heterocycles. The molecule has 0 saturated carbocycles. The van der Waals surface area contributed by atoms with Crippen molar-refractivity contribution in [3.63, 3.8) is 0 Å². The van der Waals surface area contributed by atoms with Crippen LogP contribution in [0.2, 0.25) is 5.02 Å². The van der Waals surface area contributed by atoms with Crippen LogP contribution in [0.15, 0.2) is 24.3 Å². The molecule has 142 valence electrons. The fourth-order valence-corrected chi connectivity index (χ4v) is 3.90. The quantitative estimate of drug-likeness (QED) is 0.792. The number of halogens is 2. The molecule has 2 aromatic rings. The van der Waals surface area contributed by atoms with Crippen LogP contribution < -0.4 is 0 Å². The van der Waals surface area contributed by atoms with Crippen LogP contribution >= 0.6 is 11.6 Å². The zero-order valence-corrected chi connectivity index (χ0v) is 15.6. The van der Waals surface area contributed by atoms with Crippen LogP contribution in [0, 0.1) is 5.82 Å². The molecular formula is C19H20ClFN4O2. The summed E-state index contributed by atoms with van der Waals surface area (Å²) in [6.45, 7) is 2.30. The van der Waals surface area contributed by atoms with Crippen LogP contribution in [0.1, 0.15) is 39.4 Å². The van der Waals surface area contributed by atoms with Crippen molar-refractivity contribution in [3.8, 4) is 0 Å². The monoisotopic (exact) mass is 390 g/mol. The third kappa shape index (κ3) is 3.43. The standard InChI is InChI=1S/C19H20ClFN4O2/c20-14-5-3-6-15(21)17(14)19(27)24-10-8-23(9-11-24)18(26)16-12-13-4-1-2-7-25(13)22-16/h3,5-6,12H,1-2,4,7-11H2. The Labute approximate surface area is 161 Å². The van der Waals surface area contributed by atoms with Gasteiger partial charge in [0.1, 0.15) is 5.82 Å². The van der Waals surface area contributed by atoms with E-state index in [4.69, 9.17) is 11.6 Å². The van der Waals surface area contributed by atoms with E-state index in [1.54, 1.807) is 4.90 Å². The molecule has 2 amide bonds. The first-order valence-electron chi connectivity index (χ1n) is 9.14. The highest BCUT2D eigenvalue weighted by Crippen LogP contribution is 2.22. The summed E-state index contributed by atoms with van der Waals surface area (Å²) in [5.41, 5.74) is 1.46. The Morgan fingerprint density at radius 1 is 1.00 bits per heavy atom. The molecule has 1 aromatic heterocycles. The number of piperazine rings is 1. The van der Waals surface area contributed by atoms with Gasteiger partial charge in [0.25, 0.3) is 11.8 Å². The lowest BCUT2D eigenvalue weighted by Crippen LogP contribution is -2.50. The molecule has 0 atom stereocenters. The molecule has 0 N–H and O–H groups in total. The number of nitrogens with zero attached hydrogens (tertiary/aromatic N) is 4. The molecule has 0 unspecified atom stereocenters. The van der Waals surface area contributed by atoms with Crippen molar-refractivity contribution in [2.75, 3.05) is 26.2 Å². The first-order valence-corrected chi connectivity index (χ1v) is 9.51. The van der Waals surface area contributed by atoms with E-state index in [1.807, 2.05) is 10.7 Å². The van der Waals surface area contributed by atoms with Gasteiger partial charge in [-0.2, -0.15) is 5.10 Å². The molecule has 27 heavy (non-hydrogen) atoms. The van der Waals surface area contributed by atoms with Gasteiger partial charge < -0.3 is 9.80 Å². The number of hydrogen-bond acceptors (Lipinski definition) is 3. The number of aromatic nitrogens is 2. The summed E-state index contributed by atoms with van der Waals surface area (Å²) in [5, 5.41) is 4.53. The predicted molar refractivity (Wildman–Crippen MR) is 98.4 cm³/mol. The molecule has 0 radical (unpaired) electrons. The number of benzene rings is 1. The number of carbonyl (C=O) groups excluding carboxylic acids is 2. The van der Waals surface area contributed by atoms with Crippen LogP contribution in [-0.4, -0.2) is 57.6 Å². The van der Waals surface area contributed by atoms with Crippen molar-refractivity contribution in [1.29, 1.82) is 0 Å². The molecule has 1 aromatic carbocycles. The van der Waals surface area contributed by atoms with Crippen LogP contribution in [0.25, 0.3) is 0 Å². The van der Waals surface area contributed by atoms with E-state index >= 15 is 0 Å². The first kappa shape index (κ1) is 18.0. The van der Waals surface area contributed by atoms with Gasteiger partial charge in [-0.25, -0.2) is 4.39 Å². The van der Waals surface area contributed by atoms with E-state index in [0.29, 0.717) is 31.9 Å². The second-order valence-corrected chi connectivity index (χ2v) is 7.29. The lowest BCUT2D eigenvalue weighted by atomic mass is 10.1. The van der Waals surface area contributed by atoms with Gasteiger partial charge in [0.2, 0.25) is 0 Å². The second-order valence-electron chi connectivity index (χ2n) is 6.88. The van der Waals surface area contributed by atoms with E-state index in [9.17, 15) is 14.0 Å². The lowest BCUT2D eigenvalue weighted by Gasteiger charge is -2.34. The maximum absolute atomic E-state index is 14.0. The molecule has 8 heteroatoms. The second kappa shape index (κ2) is 7.31. The molecule has 1 fully saturated rings. The van der Waals surface area contributed by atoms with Gasteiger partial charge in [-0.1, -0.05) is 17.7 Å². The van der Waals surface area contributed by atoms with Crippen molar-refractivity contribution in [1.82, 2.24) is 19.6 Å². The highest BCUT2D eigenvalue weighted by Gasteiger charge is 2.29. The highest BCUT2D eigenvalue weighted by atomic mass is 35.5. The van der Waals surface area contributed by atoms with Gasteiger partial charge in [0.05, 0.1) is 10.6 Å². The first-order chi connectivity index (χ1) is 13.0. The van der Waals surface area contributed by atoms with E-state index in [1.165, 1.54) is 23.1 Å². The fourth-order valence-electron chi connectivity index (χ4n) is 3.66. The number of fused-ring (bicyclic) bond motifs is 1. The van der Waals surface area contributed by atoms with Crippen molar-refractivity contribution < 1.29 is 14.0 Å². The normalized spacial score (nSPS) is 17.0. The van der Waals surface area contributed by atoms with Crippen LogP contribution in [0.4, 0.5) is 4.39 Å². The molecule has 6 nitrogen and oxygen atoms in total. The summed E-state index contributed by atoms with van der Waals surface area (Å²) in [6, 6.07) is 6.06. The maximum Gasteiger partial charge on any atom is 0.274 e. The van der Waals surface area contributed by atoms with Gasteiger partial charge in [-0.05, 0) is 37.5 Å². The van der Waals surface area contributed by atoms with Crippen LogP contribution in [0.3, 0.4) is 0 Å². The minimum Gasteiger partial charge on any atom is -0.335 e. The largest absolute Gasteiger partial charge is 0.335 e.